The molecule has 2 heterocycles. The number of thiophene rings is 1. The van der Waals surface area contributed by atoms with Crippen molar-refractivity contribution in [3.05, 3.63) is 40.3 Å². The van der Waals surface area contributed by atoms with E-state index in [-0.39, 0.29) is 18.2 Å². The Morgan fingerprint density at radius 3 is 2.63 bits per heavy atom. The highest BCUT2D eigenvalue weighted by Gasteiger charge is 2.29. The van der Waals surface area contributed by atoms with E-state index >= 15 is 0 Å². The summed E-state index contributed by atoms with van der Waals surface area (Å²) in [7, 11) is 1.31. The second-order valence-electron chi connectivity index (χ2n) is 6.17. The average Bonchev–Trinajstić information content (AvgIpc) is 2.96. The second kappa shape index (κ2) is 7.79. The molecular weight excluding hydrogens is 366 g/mol. The van der Waals surface area contributed by atoms with E-state index in [1.54, 1.807) is 6.07 Å². The molecule has 1 aliphatic heterocycles. The lowest BCUT2D eigenvalue weighted by molar-refractivity contribution is -0.122. The number of aryl methyl sites for hydroxylation is 1. The molecule has 1 unspecified atom stereocenters. The van der Waals surface area contributed by atoms with Crippen molar-refractivity contribution in [2.75, 3.05) is 23.1 Å². The van der Waals surface area contributed by atoms with Gasteiger partial charge in [0.15, 0.2) is 0 Å². The van der Waals surface area contributed by atoms with E-state index < -0.39 is 12.0 Å². The van der Waals surface area contributed by atoms with Gasteiger partial charge in [-0.3, -0.25) is 9.59 Å². The molecule has 1 aromatic carbocycles. The number of nitrogens with one attached hydrogen (secondary N) is 3. The lowest BCUT2D eigenvalue weighted by Gasteiger charge is -2.26. The van der Waals surface area contributed by atoms with Crippen LogP contribution in [0.15, 0.2) is 24.3 Å². The van der Waals surface area contributed by atoms with Gasteiger partial charge in [-0.15, -0.1) is 11.3 Å². The highest BCUT2D eigenvalue weighted by atomic mass is 32.1. The minimum absolute atomic E-state index is 0.0564. The smallest absolute Gasteiger partial charge is 0.341 e. The molecule has 3 rings (SSSR count). The first-order valence-electron chi connectivity index (χ1n) is 8.61. The Morgan fingerprint density at radius 2 is 1.96 bits per heavy atom. The zero-order valence-corrected chi connectivity index (χ0v) is 16.2. The summed E-state index contributed by atoms with van der Waals surface area (Å²) in [4.78, 5) is 37.9. The lowest BCUT2D eigenvalue weighted by atomic mass is 10.1. The van der Waals surface area contributed by atoms with Gasteiger partial charge in [0.05, 0.1) is 30.5 Å². The molecule has 0 aliphatic carbocycles. The largest absolute Gasteiger partial charge is 0.465 e. The number of anilines is 3. The molecular formula is C19H21N3O4S. The first kappa shape index (κ1) is 18.9. The third kappa shape index (κ3) is 3.80. The summed E-state index contributed by atoms with van der Waals surface area (Å²) in [6, 6.07) is 6.62. The predicted molar refractivity (Wildman–Crippen MR) is 106 cm³/mol. The molecule has 7 nitrogen and oxygen atoms in total. The molecule has 142 valence electrons. The number of esters is 1. The molecule has 1 aliphatic rings. The Labute approximate surface area is 161 Å². The minimum Gasteiger partial charge on any atom is -0.465 e. The Hall–Kier alpha value is -2.87. The van der Waals surface area contributed by atoms with E-state index in [1.165, 1.54) is 18.4 Å². The topological polar surface area (TPSA) is 96.5 Å². The summed E-state index contributed by atoms with van der Waals surface area (Å²) >= 11 is 1.34. The number of hydrogen-bond acceptors (Lipinski definition) is 6. The van der Waals surface area contributed by atoms with Gasteiger partial charge >= 0.3 is 5.97 Å². The maximum absolute atomic E-state index is 12.5. The van der Waals surface area contributed by atoms with E-state index in [4.69, 9.17) is 4.74 Å². The number of carbonyl (C=O) groups excluding carboxylic acids is 3. The van der Waals surface area contributed by atoms with Crippen LogP contribution in [0.25, 0.3) is 0 Å². The summed E-state index contributed by atoms with van der Waals surface area (Å²) < 4.78 is 4.86. The van der Waals surface area contributed by atoms with Gasteiger partial charge in [-0.2, -0.15) is 0 Å². The number of rotatable bonds is 5. The number of methoxy groups -OCH3 is 1. The molecule has 2 aromatic rings. The van der Waals surface area contributed by atoms with Crippen molar-refractivity contribution >= 4 is 45.5 Å². The summed E-state index contributed by atoms with van der Waals surface area (Å²) in [5.41, 5.74) is 2.71. The fourth-order valence-electron chi connectivity index (χ4n) is 3.11. The van der Waals surface area contributed by atoms with Crippen LogP contribution in [0.5, 0.6) is 0 Å². The molecule has 2 amide bonds. The van der Waals surface area contributed by atoms with Crippen LogP contribution in [-0.4, -0.2) is 30.9 Å². The molecule has 1 aromatic heterocycles. The molecule has 0 radical (unpaired) electrons. The van der Waals surface area contributed by atoms with Crippen LogP contribution in [0.1, 0.15) is 34.1 Å². The van der Waals surface area contributed by atoms with E-state index in [9.17, 15) is 14.4 Å². The minimum atomic E-state index is -0.687. The number of benzene rings is 1. The molecule has 3 N–H and O–H groups in total. The number of ether oxygens (including phenoxy) is 1. The maximum atomic E-state index is 12.5. The second-order valence-corrected chi connectivity index (χ2v) is 7.39. The van der Waals surface area contributed by atoms with Crippen molar-refractivity contribution in [2.45, 2.75) is 32.7 Å². The molecule has 0 spiro atoms. The number of carbonyl (C=O) groups is 3. The highest BCUT2D eigenvalue weighted by molar-refractivity contribution is 7.16. The maximum Gasteiger partial charge on any atom is 0.341 e. The van der Waals surface area contributed by atoms with Gasteiger partial charge in [-0.25, -0.2) is 4.79 Å². The lowest BCUT2D eigenvalue weighted by Crippen LogP contribution is -2.41. The third-order valence-electron chi connectivity index (χ3n) is 4.43. The standard InChI is InChI=1S/C19H21N3O4S/c1-4-11-10(2)27-18(16(11)19(25)26-3)22-15(23)9-14-17(24)21-13-8-6-5-7-12(13)20-14/h5-8,14,20H,4,9H2,1-3H3,(H,21,24)(H,22,23). The molecule has 27 heavy (non-hydrogen) atoms. The first-order valence-corrected chi connectivity index (χ1v) is 9.43. The van der Waals surface area contributed by atoms with Gasteiger partial charge in [0.25, 0.3) is 0 Å². The zero-order valence-electron chi connectivity index (χ0n) is 15.3. The molecule has 0 bridgehead atoms. The van der Waals surface area contributed by atoms with Crippen molar-refractivity contribution in [3.63, 3.8) is 0 Å². The van der Waals surface area contributed by atoms with Crippen LogP contribution in [0.3, 0.4) is 0 Å². The molecule has 1 atom stereocenters. The van der Waals surface area contributed by atoms with Crippen LogP contribution in [0, 0.1) is 6.92 Å². The number of amides is 2. The fourth-order valence-corrected chi connectivity index (χ4v) is 4.26. The Balaban J connectivity index is 1.75. The van der Waals surface area contributed by atoms with Gasteiger partial charge in [-0.1, -0.05) is 19.1 Å². The van der Waals surface area contributed by atoms with Crippen LogP contribution in [-0.2, 0) is 20.7 Å². The van der Waals surface area contributed by atoms with Gasteiger partial charge in [-0.05, 0) is 31.0 Å². The van der Waals surface area contributed by atoms with Crippen LogP contribution >= 0.6 is 11.3 Å². The number of para-hydroxylation sites is 2. The Bertz CT molecular complexity index is 906. The average molecular weight is 387 g/mol. The molecule has 8 heteroatoms. The first-order chi connectivity index (χ1) is 12.9. The predicted octanol–water partition coefficient (Wildman–Crippen LogP) is 3.17. The zero-order chi connectivity index (χ0) is 19.6. The normalized spacial score (nSPS) is 15.4. The van der Waals surface area contributed by atoms with Crippen molar-refractivity contribution in [1.29, 1.82) is 0 Å². The van der Waals surface area contributed by atoms with Gasteiger partial charge in [0.2, 0.25) is 11.8 Å². The van der Waals surface area contributed by atoms with E-state index in [0.29, 0.717) is 22.7 Å². The molecule has 0 fully saturated rings. The van der Waals surface area contributed by atoms with E-state index in [0.717, 1.165) is 16.1 Å². The van der Waals surface area contributed by atoms with Crippen molar-refractivity contribution in [1.82, 2.24) is 0 Å². The molecule has 0 saturated carbocycles. The monoisotopic (exact) mass is 387 g/mol. The highest BCUT2D eigenvalue weighted by Crippen LogP contribution is 2.34. The SMILES string of the molecule is CCc1c(C)sc(NC(=O)CC2Nc3ccccc3NC2=O)c1C(=O)OC. The number of hydrogen-bond donors (Lipinski definition) is 3. The number of fused-ring (bicyclic) bond motifs is 1. The van der Waals surface area contributed by atoms with Crippen molar-refractivity contribution < 1.29 is 19.1 Å². The van der Waals surface area contributed by atoms with Gasteiger partial charge in [0, 0.05) is 4.88 Å². The van der Waals surface area contributed by atoms with E-state index in [2.05, 4.69) is 16.0 Å². The van der Waals surface area contributed by atoms with Crippen LogP contribution in [0.4, 0.5) is 16.4 Å². The van der Waals surface area contributed by atoms with Crippen LogP contribution in [0.2, 0.25) is 0 Å². The van der Waals surface area contributed by atoms with Crippen molar-refractivity contribution in [3.8, 4) is 0 Å². The third-order valence-corrected chi connectivity index (χ3v) is 5.49. The summed E-state index contributed by atoms with van der Waals surface area (Å²) in [6.07, 6.45) is 0.602. The van der Waals surface area contributed by atoms with Crippen molar-refractivity contribution in [2.24, 2.45) is 0 Å². The fraction of sp³-hybridized carbons (Fsp3) is 0.316. The van der Waals surface area contributed by atoms with Gasteiger partial charge in [0.1, 0.15) is 11.0 Å². The summed E-state index contributed by atoms with van der Waals surface area (Å²) in [6.45, 7) is 3.85. The van der Waals surface area contributed by atoms with Crippen LogP contribution < -0.4 is 16.0 Å². The Kier molecular flexibility index (Phi) is 5.46. The van der Waals surface area contributed by atoms with Gasteiger partial charge < -0.3 is 20.7 Å². The quantitative estimate of drug-likeness (QED) is 0.685. The molecule has 0 saturated heterocycles. The summed E-state index contributed by atoms with van der Waals surface area (Å²) in [5, 5.41) is 9.09. The summed E-state index contributed by atoms with van der Waals surface area (Å²) in [5.74, 6) is -1.10. The van der Waals surface area contributed by atoms with E-state index in [1.807, 2.05) is 32.0 Å². The Morgan fingerprint density at radius 1 is 1.26 bits per heavy atom.